The summed E-state index contributed by atoms with van der Waals surface area (Å²) in [6.45, 7) is 0. The second kappa shape index (κ2) is 6.42. The summed E-state index contributed by atoms with van der Waals surface area (Å²) in [5.41, 5.74) is 0. The Morgan fingerprint density at radius 1 is 1.35 bits per heavy atom. The first kappa shape index (κ1) is 16.7. The highest BCUT2D eigenvalue weighted by molar-refractivity contribution is 7.89. The van der Waals surface area contributed by atoms with Crippen LogP contribution in [0.25, 0.3) is 0 Å². The zero-order valence-corrected chi connectivity index (χ0v) is 11.3. The van der Waals surface area contributed by atoms with Gasteiger partial charge in [0.05, 0.1) is 4.90 Å². The minimum Gasteiger partial charge on any atom is -0.480 e. The number of hydrogen-bond donors (Lipinski definition) is 2. The normalized spacial score (nSPS) is 13.4. The zero-order valence-electron chi connectivity index (χ0n) is 9.69. The molecule has 0 spiro atoms. The number of carbonyl (C=O) groups is 1. The zero-order chi connectivity index (χ0) is 15.5. The molecule has 0 saturated carbocycles. The molecule has 20 heavy (non-hydrogen) atoms. The predicted octanol–water partition coefficient (Wildman–Crippen LogP) is 1.87. The molecule has 5 nitrogen and oxygen atoms in total. The topological polar surface area (TPSA) is 83.5 Å². The average Bonchev–Trinajstić information content (AvgIpc) is 2.25. The van der Waals surface area contributed by atoms with Crippen molar-refractivity contribution in [2.24, 2.45) is 0 Å². The average molecular weight is 332 g/mol. The van der Waals surface area contributed by atoms with Crippen LogP contribution in [0.5, 0.6) is 0 Å². The fourth-order valence-corrected chi connectivity index (χ4v) is 2.86. The van der Waals surface area contributed by atoms with Gasteiger partial charge in [-0.05, 0) is 18.2 Å². The number of carboxylic acids is 1. The molecule has 10 heteroatoms. The number of hydrogen-bond acceptors (Lipinski definition) is 3. The van der Waals surface area contributed by atoms with Gasteiger partial charge in [-0.3, -0.25) is 4.79 Å². The molecule has 0 amide bonds. The summed E-state index contributed by atoms with van der Waals surface area (Å²) in [5.74, 6) is -2.73. The lowest BCUT2D eigenvalue weighted by molar-refractivity contribution is -0.140. The van der Waals surface area contributed by atoms with Gasteiger partial charge in [-0.15, -0.1) is 0 Å². The number of rotatable bonds is 6. The lowest BCUT2D eigenvalue weighted by atomic mass is 10.2. The molecular weight excluding hydrogens is 323 g/mol. The highest BCUT2D eigenvalue weighted by Crippen LogP contribution is 2.19. The van der Waals surface area contributed by atoms with Gasteiger partial charge in [0.25, 0.3) is 0 Å². The van der Waals surface area contributed by atoms with E-state index in [1.807, 2.05) is 0 Å². The molecule has 1 aromatic carbocycles. The Labute approximate surface area is 117 Å². The van der Waals surface area contributed by atoms with Gasteiger partial charge in [0.1, 0.15) is 11.9 Å². The standard InChI is InChI=1S/C10H9ClF3NO4S/c11-5-1-6(12)3-7(2-5)20(18,19)15-8(10(16)17)4-9(13)14/h1-3,8-9,15H,4H2,(H,16,17). The van der Waals surface area contributed by atoms with Gasteiger partial charge in [-0.1, -0.05) is 11.6 Å². The van der Waals surface area contributed by atoms with Crippen LogP contribution in [0.1, 0.15) is 6.42 Å². The summed E-state index contributed by atoms with van der Waals surface area (Å²) in [4.78, 5) is 10.1. The van der Waals surface area contributed by atoms with Gasteiger partial charge in [0.2, 0.25) is 16.4 Å². The molecule has 2 N–H and O–H groups in total. The van der Waals surface area contributed by atoms with Crippen molar-refractivity contribution in [1.29, 1.82) is 0 Å². The Kier molecular flexibility index (Phi) is 5.37. The van der Waals surface area contributed by atoms with E-state index in [1.54, 1.807) is 4.72 Å². The number of alkyl halides is 2. The largest absolute Gasteiger partial charge is 0.480 e. The van der Waals surface area contributed by atoms with Gasteiger partial charge >= 0.3 is 5.97 Å². The van der Waals surface area contributed by atoms with E-state index in [0.29, 0.717) is 6.07 Å². The lowest BCUT2D eigenvalue weighted by Crippen LogP contribution is -2.41. The van der Waals surface area contributed by atoms with Crippen LogP contribution in [0, 0.1) is 5.82 Å². The smallest absolute Gasteiger partial charge is 0.321 e. The molecule has 0 aromatic heterocycles. The minimum absolute atomic E-state index is 0.230. The fraction of sp³-hybridized carbons (Fsp3) is 0.300. The molecule has 0 radical (unpaired) electrons. The number of sulfonamides is 1. The lowest BCUT2D eigenvalue weighted by Gasteiger charge is -2.14. The van der Waals surface area contributed by atoms with E-state index < -0.39 is 45.6 Å². The van der Waals surface area contributed by atoms with Crippen molar-refractivity contribution in [3.8, 4) is 0 Å². The molecule has 112 valence electrons. The summed E-state index contributed by atoms with van der Waals surface area (Å²) in [6, 6.07) is 0.278. The van der Waals surface area contributed by atoms with Crippen LogP contribution in [0.3, 0.4) is 0 Å². The molecule has 0 aliphatic carbocycles. The molecule has 1 aromatic rings. The van der Waals surface area contributed by atoms with Gasteiger partial charge < -0.3 is 5.11 Å². The van der Waals surface area contributed by atoms with Crippen LogP contribution in [0.4, 0.5) is 13.2 Å². The van der Waals surface area contributed by atoms with Crippen molar-refractivity contribution in [2.75, 3.05) is 0 Å². The van der Waals surface area contributed by atoms with Crippen molar-refractivity contribution in [1.82, 2.24) is 4.72 Å². The number of nitrogens with one attached hydrogen (secondary N) is 1. The Morgan fingerprint density at radius 2 is 1.95 bits per heavy atom. The highest BCUT2D eigenvalue weighted by atomic mass is 35.5. The Bertz CT molecular complexity index is 588. The molecular formula is C10H9ClF3NO4S. The van der Waals surface area contributed by atoms with Crippen LogP contribution in [-0.2, 0) is 14.8 Å². The molecule has 0 heterocycles. The Hall–Kier alpha value is -1.32. The van der Waals surface area contributed by atoms with Gasteiger partial charge in [-0.2, -0.15) is 4.72 Å². The second-order valence-electron chi connectivity index (χ2n) is 3.74. The third-order valence-corrected chi connectivity index (χ3v) is 3.83. The molecule has 0 aliphatic rings. The van der Waals surface area contributed by atoms with Crippen molar-refractivity contribution < 1.29 is 31.5 Å². The van der Waals surface area contributed by atoms with Crippen LogP contribution in [0.15, 0.2) is 23.1 Å². The molecule has 1 unspecified atom stereocenters. The number of carboxylic acid groups (broad SMARTS) is 1. The second-order valence-corrected chi connectivity index (χ2v) is 5.89. The maximum absolute atomic E-state index is 13.1. The number of benzene rings is 1. The molecule has 0 saturated heterocycles. The van der Waals surface area contributed by atoms with Crippen LogP contribution < -0.4 is 4.72 Å². The van der Waals surface area contributed by atoms with Crippen molar-refractivity contribution in [3.05, 3.63) is 29.0 Å². The SMILES string of the molecule is O=C(O)C(CC(F)F)NS(=O)(=O)c1cc(F)cc(Cl)c1. The first-order valence-corrected chi connectivity index (χ1v) is 6.97. The maximum atomic E-state index is 13.1. The van der Waals surface area contributed by atoms with Crippen molar-refractivity contribution >= 4 is 27.6 Å². The third kappa shape index (κ3) is 4.66. The highest BCUT2D eigenvalue weighted by Gasteiger charge is 2.28. The maximum Gasteiger partial charge on any atom is 0.321 e. The van der Waals surface area contributed by atoms with Crippen LogP contribution >= 0.6 is 11.6 Å². The Balaban J connectivity index is 3.06. The van der Waals surface area contributed by atoms with E-state index in [1.165, 1.54) is 0 Å². The fourth-order valence-electron chi connectivity index (χ4n) is 1.32. The quantitative estimate of drug-likeness (QED) is 0.833. The molecule has 1 atom stereocenters. The van der Waals surface area contributed by atoms with Gasteiger partial charge in [-0.25, -0.2) is 21.6 Å². The van der Waals surface area contributed by atoms with E-state index in [9.17, 15) is 26.4 Å². The first-order valence-electron chi connectivity index (χ1n) is 5.11. The van der Waals surface area contributed by atoms with E-state index in [0.717, 1.165) is 12.1 Å². The van der Waals surface area contributed by atoms with E-state index >= 15 is 0 Å². The van der Waals surface area contributed by atoms with E-state index in [-0.39, 0.29) is 5.02 Å². The number of halogens is 4. The summed E-state index contributed by atoms with van der Waals surface area (Å²) in [6.07, 6.45) is -4.23. The summed E-state index contributed by atoms with van der Waals surface area (Å²) in [5, 5.41) is 8.45. The van der Waals surface area contributed by atoms with E-state index in [2.05, 4.69) is 0 Å². The summed E-state index contributed by atoms with van der Waals surface area (Å²) < 4.78 is 62.5. The van der Waals surface area contributed by atoms with Gasteiger partial charge in [0, 0.05) is 11.4 Å². The summed E-state index contributed by atoms with van der Waals surface area (Å²) in [7, 11) is -4.48. The molecule has 0 bridgehead atoms. The van der Waals surface area contributed by atoms with Crippen molar-refractivity contribution in [2.45, 2.75) is 23.8 Å². The third-order valence-electron chi connectivity index (χ3n) is 2.16. The minimum atomic E-state index is -4.48. The molecule has 1 rings (SSSR count). The van der Waals surface area contributed by atoms with E-state index in [4.69, 9.17) is 16.7 Å². The van der Waals surface area contributed by atoms with Crippen LogP contribution in [0.2, 0.25) is 5.02 Å². The Morgan fingerprint density at radius 3 is 2.40 bits per heavy atom. The first-order chi connectivity index (χ1) is 9.11. The van der Waals surface area contributed by atoms with Gasteiger partial charge in [0.15, 0.2) is 0 Å². The summed E-state index contributed by atoms with van der Waals surface area (Å²) >= 11 is 5.47. The molecule has 0 fully saturated rings. The number of aliphatic carboxylic acids is 1. The predicted molar refractivity (Wildman–Crippen MR) is 63.8 cm³/mol. The van der Waals surface area contributed by atoms with Crippen molar-refractivity contribution in [3.63, 3.8) is 0 Å². The van der Waals surface area contributed by atoms with Crippen LogP contribution in [-0.4, -0.2) is 32.0 Å². The molecule has 0 aliphatic heterocycles. The monoisotopic (exact) mass is 331 g/mol.